The summed E-state index contributed by atoms with van der Waals surface area (Å²) in [6, 6.07) is 0. The Kier molecular flexibility index (Phi) is 3.29. The third kappa shape index (κ3) is 4.56. The molecule has 0 aliphatic heterocycles. The number of hydrogen-bond donors (Lipinski definition) is 1. The lowest BCUT2D eigenvalue weighted by Gasteiger charge is -2.36. The second-order valence-corrected chi connectivity index (χ2v) is 8.01. The summed E-state index contributed by atoms with van der Waals surface area (Å²) in [7, 11) is -0.924. The number of nitrogens with two attached hydrogens (primary N) is 1. The van der Waals surface area contributed by atoms with E-state index in [4.69, 9.17) is 10.5 Å². The van der Waals surface area contributed by atoms with Gasteiger partial charge in [0.25, 0.3) is 0 Å². The molecule has 1 unspecified atom stereocenters. The summed E-state index contributed by atoms with van der Waals surface area (Å²) < 4.78 is 5.73. The van der Waals surface area contributed by atoms with E-state index in [1.54, 1.807) is 0 Å². The fraction of sp³-hybridized carbons (Fsp3) is 1.00. The Bertz CT molecular complexity index is 127. The Morgan fingerprint density at radius 2 is 1.45 bits per heavy atom. The van der Waals surface area contributed by atoms with E-state index in [0.717, 1.165) is 0 Å². The Morgan fingerprint density at radius 3 is 1.55 bits per heavy atom. The van der Waals surface area contributed by atoms with Gasteiger partial charge in [0.05, 0.1) is 19.7 Å². The van der Waals surface area contributed by atoms with Crippen LogP contribution in [0.3, 0.4) is 0 Å². The van der Waals surface area contributed by atoms with E-state index in [1.165, 1.54) is 0 Å². The van der Waals surface area contributed by atoms with Crippen LogP contribution in [0, 0.1) is 0 Å². The first-order chi connectivity index (χ1) is 4.65. The summed E-state index contributed by atoms with van der Waals surface area (Å²) in [4.78, 5) is 0. The van der Waals surface area contributed by atoms with Crippen molar-refractivity contribution < 1.29 is 4.74 Å². The maximum Gasteiger partial charge on any atom is 0.0966 e. The molecule has 0 aromatic heterocycles. The highest BCUT2D eigenvalue weighted by molar-refractivity contribution is 6.58. The average Bonchev–Trinajstić information content (AvgIpc) is 1.56. The standard InChI is InChI=1S/C8H21NOSi/c1-7(2,3)10-8(4,9)11(5)6/h11H,9H2,1-6H3. The molecule has 0 spiro atoms. The van der Waals surface area contributed by atoms with Gasteiger partial charge in [0.2, 0.25) is 0 Å². The lowest BCUT2D eigenvalue weighted by Crippen LogP contribution is -2.54. The molecule has 3 heteroatoms. The molecule has 0 heterocycles. The van der Waals surface area contributed by atoms with Gasteiger partial charge in [0.1, 0.15) is 0 Å². The first-order valence-electron chi connectivity index (χ1n) is 4.14. The Labute approximate surface area is 71.7 Å². The molecule has 1 atom stereocenters. The van der Waals surface area contributed by atoms with Crippen LogP contribution in [0.5, 0.6) is 0 Å². The van der Waals surface area contributed by atoms with E-state index in [-0.39, 0.29) is 10.9 Å². The maximum absolute atomic E-state index is 5.99. The Hall–Kier alpha value is 0.137. The highest BCUT2D eigenvalue weighted by Crippen LogP contribution is 2.17. The zero-order valence-electron chi connectivity index (χ0n) is 8.56. The minimum atomic E-state index is -0.924. The van der Waals surface area contributed by atoms with Crippen molar-refractivity contribution >= 4 is 8.80 Å². The van der Waals surface area contributed by atoms with Crippen molar-refractivity contribution in [1.82, 2.24) is 0 Å². The van der Waals surface area contributed by atoms with Crippen LogP contribution in [0.4, 0.5) is 0 Å². The minimum absolute atomic E-state index is 0.124. The molecule has 0 aliphatic carbocycles. The maximum atomic E-state index is 5.99. The van der Waals surface area contributed by atoms with Crippen molar-refractivity contribution in [3.63, 3.8) is 0 Å². The van der Waals surface area contributed by atoms with Crippen LogP contribution in [-0.4, -0.2) is 19.7 Å². The summed E-state index contributed by atoms with van der Waals surface area (Å²) in [6.07, 6.45) is 0. The first-order valence-corrected chi connectivity index (χ1v) is 7.03. The zero-order valence-corrected chi connectivity index (χ0v) is 9.72. The molecule has 2 N–H and O–H groups in total. The largest absolute Gasteiger partial charge is 0.359 e. The van der Waals surface area contributed by atoms with Crippen molar-refractivity contribution in [3.05, 3.63) is 0 Å². The van der Waals surface area contributed by atoms with Gasteiger partial charge < -0.3 is 10.5 Å². The third-order valence-corrected chi connectivity index (χ3v) is 4.08. The van der Waals surface area contributed by atoms with Gasteiger partial charge in [-0.15, -0.1) is 0 Å². The first kappa shape index (κ1) is 11.1. The van der Waals surface area contributed by atoms with Crippen LogP contribution in [0.25, 0.3) is 0 Å². The van der Waals surface area contributed by atoms with Crippen molar-refractivity contribution in [2.45, 2.75) is 51.7 Å². The molecule has 0 aliphatic rings. The molecule has 0 saturated carbocycles. The second kappa shape index (κ2) is 3.25. The summed E-state index contributed by atoms with van der Waals surface area (Å²) in [5, 5.41) is -0.377. The third-order valence-electron chi connectivity index (χ3n) is 1.67. The monoisotopic (exact) mass is 175 g/mol. The van der Waals surface area contributed by atoms with Gasteiger partial charge in [-0.3, -0.25) is 0 Å². The van der Waals surface area contributed by atoms with Crippen LogP contribution in [-0.2, 0) is 4.74 Å². The molecule has 11 heavy (non-hydrogen) atoms. The molecule has 2 nitrogen and oxygen atoms in total. The van der Waals surface area contributed by atoms with Crippen LogP contribution >= 0.6 is 0 Å². The van der Waals surface area contributed by atoms with Crippen molar-refractivity contribution in [2.75, 3.05) is 0 Å². The molecule has 0 rings (SSSR count). The van der Waals surface area contributed by atoms with E-state index in [1.807, 2.05) is 27.7 Å². The van der Waals surface area contributed by atoms with Gasteiger partial charge in [-0.05, 0) is 27.7 Å². The van der Waals surface area contributed by atoms with Gasteiger partial charge >= 0.3 is 0 Å². The summed E-state index contributed by atoms with van der Waals surface area (Å²) in [6.45, 7) is 12.5. The van der Waals surface area contributed by atoms with Gasteiger partial charge in [-0.25, -0.2) is 0 Å². The number of ether oxygens (including phenoxy) is 1. The Morgan fingerprint density at radius 1 is 1.09 bits per heavy atom. The molecule has 0 saturated heterocycles. The van der Waals surface area contributed by atoms with Gasteiger partial charge in [0.15, 0.2) is 0 Å². The van der Waals surface area contributed by atoms with Gasteiger partial charge in [-0.2, -0.15) is 0 Å². The minimum Gasteiger partial charge on any atom is -0.359 e. The molecular weight excluding hydrogens is 154 g/mol. The predicted octanol–water partition coefficient (Wildman–Crippen LogP) is 1.50. The van der Waals surface area contributed by atoms with Crippen molar-refractivity contribution in [2.24, 2.45) is 5.73 Å². The summed E-state index contributed by atoms with van der Waals surface area (Å²) in [5.41, 5.74) is 5.86. The topological polar surface area (TPSA) is 35.2 Å². The predicted molar refractivity (Wildman–Crippen MR) is 52.3 cm³/mol. The van der Waals surface area contributed by atoms with Crippen molar-refractivity contribution in [3.8, 4) is 0 Å². The second-order valence-electron chi connectivity index (χ2n) is 4.55. The highest BCUT2D eigenvalue weighted by atomic mass is 28.3. The van der Waals surface area contributed by atoms with E-state index >= 15 is 0 Å². The average molecular weight is 175 g/mol. The smallest absolute Gasteiger partial charge is 0.0966 e. The van der Waals surface area contributed by atoms with Gasteiger partial charge in [0, 0.05) is 0 Å². The number of rotatable bonds is 2. The lowest BCUT2D eigenvalue weighted by atomic mass is 10.2. The molecule has 0 amide bonds. The van der Waals surface area contributed by atoms with Gasteiger partial charge in [-0.1, -0.05) is 13.1 Å². The van der Waals surface area contributed by atoms with E-state index < -0.39 is 8.80 Å². The number of hydrogen-bond acceptors (Lipinski definition) is 2. The van der Waals surface area contributed by atoms with E-state index in [9.17, 15) is 0 Å². The van der Waals surface area contributed by atoms with Crippen molar-refractivity contribution in [1.29, 1.82) is 0 Å². The van der Waals surface area contributed by atoms with Crippen LogP contribution in [0.2, 0.25) is 13.1 Å². The fourth-order valence-corrected chi connectivity index (χ4v) is 1.37. The van der Waals surface area contributed by atoms with E-state index in [0.29, 0.717) is 0 Å². The highest BCUT2D eigenvalue weighted by Gasteiger charge is 2.29. The normalized spacial score (nSPS) is 18.5. The molecule has 0 bridgehead atoms. The van der Waals surface area contributed by atoms with Crippen LogP contribution in [0.15, 0.2) is 0 Å². The molecule has 68 valence electrons. The van der Waals surface area contributed by atoms with Crippen LogP contribution < -0.4 is 5.73 Å². The molecule has 0 radical (unpaired) electrons. The van der Waals surface area contributed by atoms with Crippen LogP contribution in [0.1, 0.15) is 27.7 Å². The Balaban J connectivity index is 4.13. The molecule has 0 aromatic rings. The van der Waals surface area contributed by atoms with E-state index in [2.05, 4.69) is 13.1 Å². The lowest BCUT2D eigenvalue weighted by molar-refractivity contribution is -0.0767. The SMILES string of the molecule is C[SiH](C)C(C)(N)OC(C)(C)C. The molecular formula is C8H21NOSi. The molecule has 0 aromatic carbocycles. The summed E-state index contributed by atoms with van der Waals surface area (Å²) in [5.74, 6) is 0. The quantitative estimate of drug-likeness (QED) is 0.510. The summed E-state index contributed by atoms with van der Waals surface area (Å²) >= 11 is 0. The zero-order chi connectivity index (χ0) is 9.28. The fourth-order valence-electron chi connectivity index (χ4n) is 0.778. The molecule has 0 fully saturated rings.